The summed E-state index contributed by atoms with van der Waals surface area (Å²) in [6.45, 7) is 6.19. The van der Waals surface area contributed by atoms with Crippen LogP contribution in [0.25, 0.3) is 0 Å². The summed E-state index contributed by atoms with van der Waals surface area (Å²) in [5.74, 6) is 0.0207. The van der Waals surface area contributed by atoms with E-state index < -0.39 is 16.1 Å². The highest BCUT2D eigenvalue weighted by atomic mass is 32.2. The van der Waals surface area contributed by atoms with Crippen molar-refractivity contribution in [2.24, 2.45) is 0 Å². The molecule has 0 saturated carbocycles. The highest BCUT2D eigenvalue weighted by Gasteiger charge is 2.34. The molecule has 8 nitrogen and oxygen atoms in total. The Balaban J connectivity index is 1.89. The molecule has 1 fully saturated rings. The number of benzene rings is 1. The van der Waals surface area contributed by atoms with E-state index in [-0.39, 0.29) is 10.9 Å². The number of amides is 1. The van der Waals surface area contributed by atoms with Crippen molar-refractivity contribution < 1.29 is 17.9 Å². The molecule has 0 aromatic heterocycles. The van der Waals surface area contributed by atoms with Crippen molar-refractivity contribution >= 4 is 22.1 Å². The van der Waals surface area contributed by atoms with Crippen LogP contribution in [-0.2, 0) is 21.2 Å². The number of carbonyl (C=O) groups excluding carboxylic acids is 1. The number of rotatable bonds is 9. The zero-order chi connectivity index (χ0) is 19.9. The fourth-order valence-electron chi connectivity index (χ4n) is 2.75. The van der Waals surface area contributed by atoms with Crippen molar-refractivity contribution in [3.8, 4) is 0 Å². The molecule has 1 aromatic carbocycles. The van der Waals surface area contributed by atoms with Crippen LogP contribution in [0.2, 0.25) is 0 Å². The highest BCUT2D eigenvalue weighted by Crippen LogP contribution is 2.21. The smallest absolute Gasteiger partial charge is 0.407 e. The summed E-state index contributed by atoms with van der Waals surface area (Å²) < 4.78 is 31.6. The van der Waals surface area contributed by atoms with Crippen molar-refractivity contribution in [3.63, 3.8) is 0 Å². The standard InChI is InChI=1S/C18H28N4O4S/c1-3-5-14-26-18(23)20-11-10-15-6-8-16(9-7-15)27(24,25)22-13-12-21(4-2)17(22)19/h6-9,19H,3-5,10-14H2,1-2H3,(H,20,23). The summed E-state index contributed by atoms with van der Waals surface area (Å²) in [6.07, 6.45) is 1.95. The second kappa shape index (κ2) is 9.59. The van der Waals surface area contributed by atoms with Gasteiger partial charge < -0.3 is 15.0 Å². The van der Waals surface area contributed by atoms with Crippen LogP contribution < -0.4 is 5.32 Å². The molecule has 1 aromatic rings. The lowest BCUT2D eigenvalue weighted by molar-refractivity contribution is 0.144. The summed E-state index contributed by atoms with van der Waals surface area (Å²) in [4.78, 5) is 13.4. The third-order valence-electron chi connectivity index (χ3n) is 4.42. The quantitative estimate of drug-likeness (QED) is 0.622. The lowest BCUT2D eigenvalue weighted by Crippen LogP contribution is -2.36. The fraction of sp³-hybridized carbons (Fsp3) is 0.556. The van der Waals surface area contributed by atoms with Gasteiger partial charge in [-0.25, -0.2) is 17.5 Å². The Morgan fingerprint density at radius 2 is 1.93 bits per heavy atom. The van der Waals surface area contributed by atoms with Gasteiger partial charge in [0.25, 0.3) is 10.0 Å². The lowest BCUT2D eigenvalue weighted by Gasteiger charge is -2.20. The monoisotopic (exact) mass is 396 g/mol. The van der Waals surface area contributed by atoms with E-state index in [1.54, 1.807) is 29.2 Å². The van der Waals surface area contributed by atoms with Gasteiger partial charge >= 0.3 is 6.09 Å². The molecule has 1 aliphatic rings. The van der Waals surface area contributed by atoms with Crippen molar-refractivity contribution in [2.75, 3.05) is 32.8 Å². The van der Waals surface area contributed by atoms with E-state index in [1.807, 2.05) is 13.8 Å². The molecular weight excluding hydrogens is 368 g/mol. The van der Waals surface area contributed by atoms with Crippen molar-refractivity contribution in [3.05, 3.63) is 29.8 Å². The van der Waals surface area contributed by atoms with Gasteiger partial charge in [-0.15, -0.1) is 0 Å². The average Bonchev–Trinajstić information content (AvgIpc) is 3.04. The summed E-state index contributed by atoms with van der Waals surface area (Å²) in [7, 11) is -3.72. The Bertz CT molecular complexity index is 749. The van der Waals surface area contributed by atoms with Crippen LogP contribution in [0.1, 0.15) is 32.3 Å². The number of likely N-dealkylation sites (N-methyl/N-ethyl adjacent to an activating group) is 1. The Morgan fingerprint density at radius 3 is 2.52 bits per heavy atom. The Kier molecular flexibility index (Phi) is 7.46. The summed E-state index contributed by atoms with van der Waals surface area (Å²) in [5.41, 5.74) is 0.912. The van der Waals surface area contributed by atoms with E-state index in [4.69, 9.17) is 10.1 Å². The Hall–Kier alpha value is -2.29. The van der Waals surface area contributed by atoms with Crippen LogP contribution in [0.4, 0.5) is 4.79 Å². The zero-order valence-electron chi connectivity index (χ0n) is 15.9. The van der Waals surface area contributed by atoms with E-state index in [0.717, 1.165) is 22.7 Å². The number of carbonyl (C=O) groups is 1. The zero-order valence-corrected chi connectivity index (χ0v) is 16.7. The topological polar surface area (TPSA) is 103 Å². The first-order valence-electron chi connectivity index (χ1n) is 9.26. The molecule has 1 amide bonds. The molecule has 0 radical (unpaired) electrons. The van der Waals surface area contributed by atoms with Crippen LogP contribution in [-0.4, -0.2) is 62.5 Å². The minimum Gasteiger partial charge on any atom is -0.450 e. The second-order valence-corrected chi connectivity index (χ2v) is 8.15. The van der Waals surface area contributed by atoms with Gasteiger partial charge in [-0.1, -0.05) is 25.5 Å². The number of hydrogen-bond donors (Lipinski definition) is 2. The molecule has 1 heterocycles. The molecule has 9 heteroatoms. The second-order valence-electron chi connectivity index (χ2n) is 6.29. The summed E-state index contributed by atoms with van der Waals surface area (Å²) in [5, 5.41) is 10.7. The van der Waals surface area contributed by atoms with E-state index in [9.17, 15) is 13.2 Å². The maximum Gasteiger partial charge on any atom is 0.407 e. The van der Waals surface area contributed by atoms with E-state index in [1.165, 1.54) is 0 Å². The maximum atomic E-state index is 12.7. The van der Waals surface area contributed by atoms with E-state index in [0.29, 0.717) is 39.2 Å². The molecule has 1 aliphatic heterocycles. The normalized spacial score (nSPS) is 14.5. The van der Waals surface area contributed by atoms with Gasteiger partial charge in [0.15, 0.2) is 0 Å². The van der Waals surface area contributed by atoms with E-state index >= 15 is 0 Å². The van der Waals surface area contributed by atoms with Gasteiger partial charge in [-0.3, -0.25) is 5.41 Å². The van der Waals surface area contributed by atoms with Crippen molar-refractivity contribution in [1.82, 2.24) is 14.5 Å². The first-order valence-corrected chi connectivity index (χ1v) is 10.7. The SMILES string of the molecule is CCCCOC(=O)NCCc1ccc(S(=O)(=O)N2CCN(CC)C2=N)cc1. The van der Waals surface area contributed by atoms with Crippen molar-refractivity contribution in [1.29, 1.82) is 5.41 Å². The van der Waals surface area contributed by atoms with Gasteiger partial charge in [-0.2, -0.15) is 0 Å². The van der Waals surface area contributed by atoms with Gasteiger partial charge in [0.2, 0.25) is 5.96 Å². The Labute approximate surface area is 161 Å². The third kappa shape index (κ3) is 5.35. The molecule has 0 atom stereocenters. The molecule has 2 rings (SSSR count). The molecule has 2 N–H and O–H groups in total. The molecule has 1 saturated heterocycles. The van der Waals surface area contributed by atoms with Crippen LogP contribution >= 0.6 is 0 Å². The van der Waals surface area contributed by atoms with Crippen LogP contribution in [0.3, 0.4) is 0 Å². The first kappa shape index (κ1) is 21.0. The van der Waals surface area contributed by atoms with Gasteiger partial charge in [0.1, 0.15) is 0 Å². The van der Waals surface area contributed by atoms with E-state index in [2.05, 4.69) is 5.32 Å². The largest absolute Gasteiger partial charge is 0.450 e. The summed E-state index contributed by atoms with van der Waals surface area (Å²) >= 11 is 0. The number of alkyl carbamates (subject to hydrolysis) is 1. The average molecular weight is 397 g/mol. The molecule has 150 valence electrons. The molecule has 0 aliphatic carbocycles. The third-order valence-corrected chi connectivity index (χ3v) is 6.22. The van der Waals surface area contributed by atoms with Crippen LogP contribution in [0.5, 0.6) is 0 Å². The van der Waals surface area contributed by atoms with Gasteiger partial charge in [0, 0.05) is 19.6 Å². The molecule has 0 unspecified atom stereocenters. The number of sulfonamides is 1. The predicted octanol–water partition coefficient (Wildman–Crippen LogP) is 2.02. The lowest BCUT2D eigenvalue weighted by atomic mass is 10.1. The Morgan fingerprint density at radius 1 is 1.22 bits per heavy atom. The van der Waals surface area contributed by atoms with Gasteiger partial charge in [-0.05, 0) is 37.5 Å². The maximum absolute atomic E-state index is 12.7. The van der Waals surface area contributed by atoms with Crippen molar-refractivity contribution in [2.45, 2.75) is 38.0 Å². The number of nitrogens with one attached hydrogen (secondary N) is 2. The number of nitrogens with zero attached hydrogens (tertiary/aromatic N) is 2. The predicted molar refractivity (Wildman–Crippen MR) is 103 cm³/mol. The highest BCUT2D eigenvalue weighted by molar-refractivity contribution is 7.89. The fourth-order valence-corrected chi connectivity index (χ4v) is 4.15. The number of guanidine groups is 1. The molecular formula is C18H28N4O4S. The number of unbranched alkanes of at least 4 members (excludes halogenated alkanes) is 1. The molecule has 0 bridgehead atoms. The van der Waals surface area contributed by atoms with Crippen LogP contribution in [0, 0.1) is 5.41 Å². The molecule has 27 heavy (non-hydrogen) atoms. The summed E-state index contributed by atoms with van der Waals surface area (Å²) in [6, 6.07) is 6.56. The molecule has 0 spiro atoms. The minimum absolute atomic E-state index is 0.0207. The first-order chi connectivity index (χ1) is 12.9. The van der Waals surface area contributed by atoms with Gasteiger partial charge in [0.05, 0.1) is 18.0 Å². The number of ether oxygens (including phenoxy) is 1. The van der Waals surface area contributed by atoms with Crippen LogP contribution in [0.15, 0.2) is 29.2 Å². The number of hydrogen-bond acceptors (Lipinski definition) is 5. The minimum atomic E-state index is -3.72.